The molecular formula is C21H27N3. The molecule has 0 aromatic heterocycles. The molecule has 0 radical (unpaired) electrons. The zero-order valence-corrected chi connectivity index (χ0v) is 14.5. The van der Waals surface area contributed by atoms with E-state index in [1.165, 1.54) is 54.9 Å². The number of hydrogen-bond donors (Lipinski definition) is 2. The van der Waals surface area contributed by atoms with Gasteiger partial charge in [-0.3, -0.25) is 0 Å². The fourth-order valence-corrected chi connectivity index (χ4v) is 4.23. The minimum Gasteiger partial charge on any atom is -0.381 e. The third kappa shape index (κ3) is 3.01. The average molecular weight is 321 g/mol. The first kappa shape index (κ1) is 15.5. The summed E-state index contributed by atoms with van der Waals surface area (Å²) in [4.78, 5) is 2.61. The number of nitrogens with one attached hydrogen (secondary N) is 2. The van der Waals surface area contributed by atoms with Crippen LogP contribution in [0, 0.1) is 0 Å². The zero-order chi connectivity index (χ0) is 16.4. The van der Waals surface area contributed by atoms with Crippen LogP contribution >= 0.6 is 0 Å². The number of anilines is 2. The quantitative estimate of drug-likeness (QED) is 0.878. The van der Waals surface area contributed by atoms with E-state index in [4.69, 9.17) is 0 Å². The molecule has 1 unspecified atom stereocenters. The lowest BCUT2D eigenvalue weighted by molar-refractivity contribution is 0.532. The Hall–Kier alpha value is -2.00. The lowest BCUT2D eigenvalue weighted by Gasteiger charge is -2.40. The van der Waals surface area contributed by atoms with Crippen LogP contribution in [0.25, 0.3) is 0 Å². The summed E-state index contributed by atoms with van der Waals surface area (Å²) in [5.41, 5.74) is 7.23. The highest BCUT2D eigenvalue weighted by atomic mass is 15.1. The maximum absolute atomic E-state index is 3.65. The highest BCUT2D eigenvalue weighted by molar-refractivity contribution is 5.69. The minimum absolute atomic E-state index is 0.636. The summed E-state index contributed by atoms with van der Waals surface area (Å²) in [7, 11) is 2.07. The van der Waals surface area contributed by atoms with E-state index < -0.39 is 0 Å². The van der Waals surface area contributed by atoms with Crippen LogP contribution in [0.4, 0.5) is 11.4 Å². The van der Waals surface area contributed by atoms with Gasteiger partial charge in [0.2, 0.25) is 0 Å². The first-order valence-corrected chi connectivity index (χ1v) is 9.19. The molecule has 0 bridgehead atoms. The Kier molecular flexibility index (Phi) is 4.44. The molecule has 2 heterocycles. The molecule has 2 N–H and O–H groups in total. The number of nitrogens with zero attached hydrogens (tertiary/aromatic N) is 1. The van der Waals surface area contributed by atoms with Crippen LogP contribution in [-0.2, 0) is 13.0 Å². The van der Waals surface area contributed by atoms with Crippen LogP contribution in [0.2, 0.25) is 0 Å². The second kappa shape index (κ2) is 6.86. The predicted octanol–water partition coefficient (Wildman–Crippen LogP) is 3.76. The van der Waals surface area contributed by atoms with Crippen molar-refractivity contribution < 1.29 is 0 Å². The van der Waals surface area contributed by atoms with Gasteiger partial charge >= 0.3 is 0 Å². The molecule has 2 aliphatic heterocycles. The van der Waals surface area contributed by atoms with Crippen molar-refractivity contribution in [1.82, 2.24) is 5.32 Å². The molecule has 2 aromatic carbocycles. The largest absolute Gasteiger partial charge is 0.381 e. The van der Waals surface area contributed by atoms with Gasteiger partial charge in [-0.15, -0.1) is 0 Å². The highest BCUT2D eigenvalue weighted by Gasteiger charge is 2.29. The Bertz CT molecular complexity index is 696. The third-order valence-corrected chi connectivity index (χ3v) is 5.39. The van der Waals surface area contributed by atoms with Gasteiger partial charge in [0.1, 0.15) is 0 Å². The fraction of sp³-hybridized carbons (Fsp3) is 0.429. The van der Waals surface area contributed by atoms with Crippen LogP contribution in [0.3, 0.4) is 0 Å². The van der Waals surface area contributed by atoms with Crippen LogP contribution in [0.1, 0.15) is 35.4 Å². The molecule has 0 fully saturated rings. The molecule has 0 amide bonds. The predicted molar refractivity (Wildman–Crippen MR) is 102 cm³/mol. The number of aryl methyl sites for hydroxylation is 1. The van der Waals surface area contributed by atoms with E-state index >= 15 is 0 Å². The van der Waals surface area contributed by atoms with Crippen molar-refractivity contribution in [3.8, 4) is 0 Å². The number of likely N-dealkylation sites (N-methyl/N-ethyl adjacent to an activating group) is 1. The Balaban J connectivity index is 1.63. The topological polar surface area (TPSA) is 27.3 Å². The molecule has 2 aromatic rings. The van der Waals surface area contributed by atoms with Crippen molar-refractivity contribution in [3.05, 3.63) is 59.2 Å². The van der Waals surface area contributed by atoms with Crippen molar-refractivity contribution in [2.75, 3.05) is 36.9 Å². The molecule has 2 aliphatic rings. The Morgan fingerprint density at radius 2 is 2.00 bits per heavy atom. The molecule has 0 aliphatic carbocycles. The SMILES string of the molecule is CNCC1CCN2CCCc3cc(NCc4ccccc4)cc1c32. The van der Waals surface area contributed by atoms with Gasteiger partial charge < -0.3 is 15.5 Å². The van der Waals surface area contributed by atoms with Gasteiger partial charge in [0, 0.05) is 43.5 Å². The number of rotatable bonds is 5. The van der Waals surface area contributed by atoms with Gasteiger partial charge in [0.05, 0.1) is 0 Å². The number of hydrogen-bond acceptors (Lipinski definition) is 3. The molecule has 1 atom stereocenters. The van der Waals surface area contributed by atoms with E-state index in [0.29, 0.717) is 5.92 Å². The summed E-state index contributed by atoms with van der Waals surface area (Å²) in [6, 6.07) is 15.4. The molecule has 24 heavy (non-hydrogen) atoms. The zero-order valence-electron chi connectivity index (χ0n) is 14.5. The van der Waals surface area contributed by atoms with E-state index in [9.17, 15) is 0 Å². The van der Waals surface area contributed by atoms with Crippen molar-refractivity contribution >= 4 is 11.4 Å². The second-order valence-electron chi connectivity index (χ2n) is 7.05. The lowest BCUT2D eigenvalue weighted by Crippen LogP contribution is -2.37. The van der Waals surface area contributed by atoms with Crippen molar-refractivity contribution in [3.63, 3.8) is 0 Å². The third-order valence-electron chi connectivity index (χ3n) is 5.39. The van der Waals surface area contributed by atoms with Gasteiger partial charge in [-0.2, -0.15) is 0 Å². The lowest BCUT2D eigenvalue weighted by atomic mass is 9.84. The second-order valence-corrected chi connectivity index (χ2v) is 7.05. The smallest absolute Gasteiger partial charge is 0.0436 e. The van der Waals surface area contributed by atoms with E-state index in [-0.39, 0.29) is 0 Å². The summed E-state index contributed by atoms with van der Waals surface area (Å²) in [6.45, 7) is 4.40. The molecule has 0 spiro atoms. The Morgan fingerprint density at radius 3 is 2.83 bits per heavy atom. The Morgan fingerprint density at radius 1 is 1.12 bits per heavy atom. The van der Waals surface area contributed by atoms with E-state index in [1.54, 1.807) is 5.56 Å². The summed E-state index contributed by atoms with van der Waals surface area (Å²) in [6.07, 6.45) is 3.76. The monoisotopic (exact) mass is 321 g/mol. The van der Waals surface area contributed by atoms with Gasteiger partial charge in [0.15, 0.2) is 0 Å². The molecule has 3 nitrogen and oxygen atoms in total. The minimum atomic E-state index is 0.636. The molecule has 126 valence electrons. The van der Waals surface area contributed by atoms with Crippen LogP contribution in [-0.4, -0.2) is 26.7 Å². The van der Waals surface area contributed by atoms with E-state index in [1.807, 2.05) is 0 Å². The normalized spacial score (nSPS) is 19.0. The molecule has 4 rings (SSSR count). The summed E-state index contributed by atoms with van der Waals surface area (Å²) in [5, 5.41) is 7.04. The average Bonchev–Trinajstić information content (AvgIpc) is 2.63. The summed E-state index contributed by atoms with van der Waals surface area (Å²) >= 11 is 0. The Labute approximate surface area is 145 Å². The van der Waals surface area contributed by atoms with Gasteiger partial charge in [-0.1, -0.05) is 30.3 Å². The summed E-state index contributed by atoms with van der Waals surface area (Å²) < 4.78 is 0. The van der Waals surface area contributed by atoms with Crippen LogP contribution in [0.15, 0.2) is 42.5 Å². The molecular weight excluding hydrogens is 294 g/mol. The fourth-order valence-electron chi connectivity index (χ4n) is 4.23. The van der Waals surface area contributed by atoms with Crippen LogP contribution in [0.5, 0.6) is 0 Å². The molecule has 3 heteroatoms. The summed E-state index contributed by atoms with van der Waals surface area (Å²) in [5.74, 6) is 0.636. The maximum atomic E-state index is 3.65. The molecule has 0 saturated carbocycles. The standard InChI is InChI=1S/C21H27N3/c1-22-15-18-9-11-24-10-5-8-17-12-19(13-20(18)21(17)24)23-14-16-6-3-2-4-7-16/h2-4,6-7,12-13,18,22-23H,5,8-11,14-15H2,1H3. The van der Waals surface area contributed by atoms with Gasteiger partial charge in [-0.05, 0) is 55.1 Å². The van der Waals surface area contributed by atoms with Crippen molar-refractivity contribution in [2.24, 2.45) is 0 Å². The van der Waals surface area contributed by atoms with Gasteiger partial charge in [0.25, 0.3) is 0 Å². The highest BCUT2D eigenvalue weighted by Crippen LogP contribution is 2.42. The van der Waals surface area contributed by atoms with E-state index in [0.717, 1.165) is 13.1 Å². The van der Waals surface area contributed by atoms with Crippen molar-refractivity contribution in [1.29, 1.82) is 0 Å². The van der Waals surface area contributed by atoms with E-state index in [2.05, 4.69) is 65.0 Å². The number of benzene rings is 2. The maximum Gasteiger partial charge on any atom is 0.0436 e. The first-order chi connectivity index (χ1) is 11.8. The van der Waals surface area contributed by atoms with Crippen LogP contribution < -0.4 is 15.5 Å². The first-order valence-electron chi connectivity index (χ1n) is 9.19. The van der Waals surface area contributed by atoms with Crippen molar-refractivity contribution in [2.45, 2.75) is 31.7 Å². The molecule has 0 saturated heterocycles. The van der Waals surface area contributed by atoms with Gasteiger partial charge in [-0.25, -0.2) is 0 Å².